The van der Waals surface area contributed by atoms with E-state index in [1.54, 1.807) is 0 Å². The Kier molecular flexibility index (Phi) is 10.9. The van der Waals surface area contributed by atoms with Crippen LogP contribution < -0.4 is 0 Å². The Labute approximate surface area is 187 Å². The van der Waals surface area contributed by atoms with Gasteiger partial charge in [0.25, 0.3) is 0 Å². The second-order valence-corrected chi connectivity index (χ2v) is 11.0. The third-order valence-corrected chi connectivity index (χ3v) is 6.90. The lowest BCUT2D eigenvalue weighted by Crippen LogP contribution is -2.21. The summed E-state index contributed by atoms with van der Waals surface area (Å²) in [5, 5.41) is 2.56. The molecule has 180 valence electrons. The number of hydrogen-bond donors (Lipinski definition) is 4. The fourth-order valence-corrected chi connectivity index (χ4v) is 5.01. The average Bonchev–Trinajstić information content (AvgIpc) is 3.18. The molecule has 1 fully saturated rings. The normalized spacial score (nSPS) is 15.0. The van der Waals surface area contributed by atoms with Gasteiger partial charge in [-0.25, -0.2) is 10.9 Å². The van der Waals surface area contributed by atoms with Gasteiger partial charge in [0.1, 0.15) is 0 Å². The van der Waals surface area contributed by atoms with Crippen molar-refractivity contribution in [2.45, 2.75) is 18.3 Å². The number of halogens is 3. The van der Waals surface area contributed by atoms with Crippen molar-refractivity contribution in [3.05, 3.63) is 77.2 Å². The van der Waals surface area contributed by atoms with E-state index in [1.165, 1.54) is 41.0 Å². The van der Waals surface area contributed by atoms with Crippen LogP contribution in [0.1, 0.15) is 24.0 Å². The molecule has 0 atom stereocenters. The molecule has 3 N–H and O–H groups in total. The average molecular weight is 517 g/mol. The minimum atomic E-state index is -5.84. The van der Waals surface area contributed by atoms with E-state index in [1.807, 2.05) is 0 Å². The lowest BCUT2D eigenvalue weighted by Gasteiger charge is -2.14. The van der Waals surface area contributed by atoms with E-state index < -0.39 is 26.0 Å². The molecule has 7 nitrogen and oxygen atoms in total. The van der Waals surface area contributed by atoms with Crippen LogP contribution in [0.5, 0.6) is 0 Å². The highest BCUT2D eigenvalue weighted by Crippen LogP contribution is 2.40. The third kappa shape index (κ3) is 11.6. The highest BCUT2D eigenvalue weighted by molar-refractivity contribution is 8.19. The van der Waals surface area contributed by atoms with Crippen LogP contribution in [0.4, 0.5) is 13.2 Å². The number of hydrogen-bond acceptors (Lipinski definition) is 4. The lowest BCUT2D eigenvalue weighted by molar-refractivity contribution is -0.0510. The van der Waals surface area contributed by atoms with Crippen molar-refractivity contribution in [1.82, 2.24) is 0 Å². The van der Waals surface area contributed by atoms with E-state index >= 15 is 0 Å². The zero-order valence-electron chi connectivity index (χ0n) is 16.6. The molecule has 0 aliphatic carbocycles. The number of benzene rings is 2. The van der Waals surface area contributed by atoms with Crippen molar-refractivity contribution in [1.29, 1.82) is 0 Å². The fraction of sp³-hybridized carbons (Fsp3) is 0.263. The van der Waals surface area contributed by atoms with Crippen LogP contribution in [-0.2, 0) is 20.5 Å². The van der Waals surface area contributed by atoms with Gasteiger partial charge in [-0.15, -0.1) is 0 Å². The van der Waals surface area contributed by atoms with Crippen molar-refractivity contribution in [3.8, 4) is 0 Å². The Morgan fingerprint density at radius 1 is 0.781 bits per heavy atom. The molecule has 3 rings (SSSR count). The second kappa shape index (κ2) is 12.4. The highest BCUT2D eigenvalue weighted by Gasteiger charge is 2.44. The first-order valence-electron chi connectivity index (χ1n) is 8.99. The van der Waals surface area contributed by atoms with Crippen molar-refractivity contribution in [3.63, 3.8) is 0 Å². The molecule has 1 saturated heterocycles. The molecule has 2 aromatic rings. The second-order valence-electron chi connectivity index (χ2n) is 6.39. The van der Waals surface area contributed by atoms with E-state index in [2.05, 4.69) is 66.1 Å². The summed E-state index contributed by atoms with van der Waals surface area (Å²) in [6.45, 7) is 0. The van der Waals surface area contributed by atoms with E-state index in [0.29, 0.717) is 0 Å². The van der Waals surface area contributed by atoms with Gasteiger partial charge in [-0.2, -0.15) is 30.0 Å². The molecule has 0 bridgehead atoms. The smallest absolute Gasteiger partial charge is 0.279 e. The van der Waals surface area contributed by atoms with Crippen LogP contribution in [0, 0.1) is 0 Å². The van der Waals surface area contributed by atoms with E-state index in [0.717, 1.165) is 0 Å². The monoisotopic (exact) mass is 516 g/mol. The standard InChI is InChI=1S/C18H20S.CHF3O3S.H2O4S/c1-3-9-16(10-4-1)18(15-19-13-7-8-14-19)17-11-5-2-6-12-17;2-1(3,4)8(5,6)7;1-5(2,3)4/h1-6,9-12,15,19H,7-8,13-14H2;(H,5,6,7);(H2,1,2,3,4). The van der Waals surface area contributed by atoms with Gasteiger partial charge < -0.3 is 0 Å². The summed E-state index contributed by atoms with van der Waals surface area (Å²) < 4.78 is 89.1. The number of rotatable bonds is 3. The first kappa shape index (κ1) is 28.1. The Morgan fingerprint density at radius 3 is 1.38 bits per heavy atom. The molecule has 0 saturated carbocycles. The predicted octanol–water partition coefficient (Wildman–Crippen LogP) is 4.61. The molecule has 1 aliphatic heterocycles. The van der Waals surface area contributed by atoms with E-state index in [-0.39, 0.29) is 10.9 Å². The largest absolute Gasteiger partial charge is 0.522 e. The zero-order chi connectivity index (χ0) is 24.4. The van der Waals surface area contributed by atoms with Gasteiger partial charge in [-0.3, -0.25) is 13.7 Å². The van der Waals surface area contributed by atoms with Crippen LogP contribution >= 0.6 is 10.9 Å². The first-order chi connectivity index (χ1) is 14.7. The van der Waals surface area contributed by atoms with Crippen molar-refractivity contribution >= 4 is 37.0 Å². The van der Waals surface area contributed by atoms with Gasteiger partial charge in [0, 0.05) is 0 Å². The van der Waals surface area contributed by atoms with E-state index in [9.17, 15) is 13.2 Å². The lowest BCUT2D eigenvalue weighted by atomic mass is 10.00. The topological polar surface area (TPSA) is 129 Å². The zero-order valence-corrected chi connectivity index (χ0v) is 19.1. The highest BCUT2D eigenvalue weighted by atomic mass is 32.3. The Morgan fingerprint density at radius 2 is 1.09 bits per heavy atom. The molecule has 1 aliphatic rings. The molecular formula is C19H23F3O7S3. The van der Waals surface area contributed by atoms with Gasteiger partial charge in [0.2, 0.25) is 0 Å². The minimum Gasteiger partial charge on any atom is -0.279 e. The van der Waals surface area contributed by atoms with Crippen LogP contribution in [0.25, 0.3) is 5.57 Å². The summed E-state index contributed by atoms with van der Waals surface area (Å²) >= 11 is 0. The third-order valence-electron chi connectivity index (χ3n) is 3.91. The molecule has 0 aromatic heterocycles. The Bertz CT molecular complexity index is 1010. The maximum atomic E-state index is 10.7. The maximum absolute atomic E-state index is 10.7. The molecule has 0 amide bonds. The van der Waals surface area contributed by atoms with Crippen molar-refractivity contribution in [2.24, 2.45) is 0 Å². The first-order valence-corrected chi connectivity index (χ1v) is 13.6. The summed E-state index contributed by atoms with van der Waals surface area (Å²) in [6, 6.07) is 21.6. The molecule has 0 spiro atoms. The minimum absolute atomic E-state index is 0.106. The van der Waals surface area contributed by atoms with Gasteiger partial charge in [0.15, 0.2) is 0 Å². The molecule has 32 heavy (non-hydrogen) atoms. The van der Waals surface area contributed by atoms with Gasteiger partial charge in [-0.05, 0) is 46.5 Å². The van der Waals surface area contributed by atoms with Gasteiger partial charge in [0.05, 0.1) is 0 Å². The van der Waals surface area contributed by atoms with Crippen LogP contribution in [-0.4, -0.2) is 47.5 Å². The molecule has 1 heterocycles. The molecular weight excluding hydrogens is 493 g/mol. The van der Waals surface area contributed by atoms with Crippen LogP contribution in [0.15, 0.2) is 66.1 Å². The number of thiol groups is 1. The summed E-state index contributed by atoms with van der Waals surface area (Å²) in [5.74, 6) is 2.83. The van der Waals surface area contributed by atoms with Crippen molar-refractivity contribution < 1.29 is 43.7 Å². The Balaban J connectivity index is 0.000000329. The molecule has 13 heteroatoms. The quantitative estimate of drug-likeness (QED) is 0.266. The fourth-order valence-electron chi connectivity index (χ4n) is 2.60. The Hall–Kier alpha value is -1.90. The number of alkyl halides is 3. The summed E-state index contributed by atoms with van der Waals surface area (Å²) in [7, 11) is -10.4. The summed E-state index contributed by atoms with van der Waals surface area (Å²) in [6.07, 6.45) is 2.83. The molecule has 0 unspecified atom stereocenters. The molecule has 0 radical (unpaired) electrons. The molecule has 2 aromatic carbocycles. The van der Waals surface area contributed by atoms with Gasteiger partial charge >= 0.3 is 26.0 Å². The van der Waals surface area contributed by atoms with Crippen molar-refractivity contribution in [2.75, 3.05) is 11.5 Å². The predicted molar refractivity (Wildman–Crippen MR) is 120 cm³/mol. The maximum Gasteiger partial charge on any atom is 0.522 e. The SMILES string of the molecule is C(=C(c1ccccc1)c1ccccc1)[SH]1CCCC1.O=S(=O)(O)C(F)(F)F.O=S(=O)(O)O. The van der Waals surface area contributed by atoms with Crippen LogP contribution in [0.2, 0.25) is 0 Å². The summed E-state index contributed by atoms with van der Waals surface area (Å²) in [5.41, 5.74) is -1.41. The summed E-state index contributed by atoms with van der Waals surface area (Å²) in [4.78, 5) is 0. The van der Waals surface area contributed by atoms with E-state index in [4.69, 9.17) is 30.5 Å². The van der Waals surface area contributed by atoms with Gasteiger partial charge in [-0.1, -0.05) is 60.7 Å². The van der Waals surface area contributed by atoms with Crippen LogP contribution in [0.3, 0.4) is 0 Å².